The van der Waals surface area contributed by atoms with Crippen LogP contribution in [0, 0.1) is 6.92 Å². The van der Waals surface area contributed by atoms with Gasteiger partial charge in [0.05, 0.1) is 12.5 Å². The summed E-state index contributed by atoms with van der Waals surface area (Å²) in [6.45, 7) is 4.10. The van der Waals surface area contributed by atoms with Crippen LogP contribution in [0.3, 0.4) is 0 Å². The predicted molar refractivity (Wildman–Crippen MR) is 89.9 cm³/mol. The first-order chi connectivity index (χ1) is 10.6. The number of fused-ring (bicyclic) bond motifs is 1. The molecule has 0 fully saturated rings. The lowest BCUT2D eigenvalue weighted by atomic mass is 10.0. The Morgan fingerprint density at radius 2 is 1.82 bits per heavy atom. The molecule has 1 N–H and O–H groups in total. The van der Waals surface area contributed by atoms with Gasteiger partial charge in [0.2, 0.25) is 5.91 Å². The third kappa shape index (κ3) is 3.38. The molecule has 2 aromatic rings. The van der Waals surface area contributed by atoms with E-state index in [2.05, 4.69) is 54.7 Å². The summed E-state index contributed by atoms with van der Waals surface area (Å²) in [5.74, 6) is 0.0889. The van der Waals surface area contributed by atoms with Crippen molar-refractivity contribution in [3.05, 3.63) is 70.3 Å². The van der Waals surface area contributed by atoms with E-state index in [1.807, 2.05) is 6.92 Å². The van der Waals surface area contributed by atoms with Crippen molar-refractivity contribution in [2.45, 2.75) is 45.6 Å². The van der Waals surface area contributed by atoms with Crippen molar-refractivity contribution in [1.82, 2.24) is 5.32 Å². The standard InChI is InChI=1S/C20H23NO/c1-14-6-9-17(10-7-14)15(2)21-20(22)13-16-8-11-18-4-3-5-19(18)12-16/h6-12,15H,3-5,13H2,1-2H3,(H,21,22). The zero-order valence-corrected chi connectivity index (χ0v) is 13.4. The Bertz CT molecular complexity index is 673. The second-order valence-electron chi connectivity index (χ2n) is 6.33. The average molecular weight is 293 g/mol. The summed E-state index contributed by atoms with van der Waals surface area (Å²) in [7, 11) is 0. The smallest absolute Gasteiger partial charge is 0.224 e. The minimum Gasteiger partial charge on any atom is -0.349 e. The van der Waals surface area contributed by atoms with E-state index < -0.39 is 0 Å². The fourth-order valence-electron chi connectivity index (χ4n) is 3.15. The first-order valence-corrected chi connectivity index (χ1v) is 8.08. The van der Waals surface area contributed by atoms with Crippen LogP contribution in [0.1, 0.15) is 47.2 Å². The van der Waals surface area contributed by atoms with Crippen molar-refractivity contribution in [3.8, 4) is 0 Å². The molecule has 2 heteroatoms. The highest BCUT2D eigenvalue weighted by molar-refractivity contribution is 5.79. The first kappa shape index (κ1) is 14.8. The number of hydrogen-bond acceptors (Lipinski definition) is 1. The molecule has 114 valence electrons. The Morgan fingerprint density at radius 3 is 2.59 bits per heavy atom. The lowest BCUT2D eigenvalue weighted by Crippen LogP contribution is -2.28. The van der Waals surface area contributed by atoms with Gasteiger partial charge in [-0.1, -0.05) is 48.0 Å². The number of hydrogen-bond donors (Lipinski definition) is 1. The number of carbonyl (C=O) groups excluding carboxylic acids is 1. The zero-order chi connectivity index (χ0) is 15.5. The molecule has 1 unspecified atom stereocenters. The number of aryl methyl sites for hydroxylation is 3. The molecule has 1 atom stereocenters. The van der Waals surface area contributed by atoms with Gasteiger partial charge in [-0.25, -0.2) is 0 Å². The average Bonchev–Trinajstić information content (AvgIpc) is 2.95. The van der Waals surface area contributed by atoms with Crippen LogP contribution in [-0.4, -0.2) is 5.91 Å². The summed E-state index contributed by atoms with van der Waals surface area (Å²) < 4.78 is 0. The van der Waals surface area contributed by atoms with Gasteiger partial charge >= 0.3 is 0 Å². The van der Waals surface area contributed by atoms with Crippen molar-refractivity contribution < 1.29 is 4.79 Å². The van der Waals surface area contributed by atoms with E-state index in [0.29, 0.717) is 6.42 Å². The van der Waals surface area contributed by atoms with Gasteiger partial charge in [-0.15, -0.1) is 0 Å². The molecule has 0 saturated carbocycles. The number of amides is 1. The lowest BCUT2D eigenvalue weighted by Gasteiger charge is -2.15. The summed E-state index contributed by atoms with van der Waals surface area (Å²) in [4.78, 5) is 12.3. The van der Waals surface area contributed by atoms with Crippen LogP contribution in [0.15, 0.2) is 42.5 Å². The molecule has 2 nitrogen and oxygen atoms in total. The van der Waals surface area contributed by atoms with Gasteiger partial charge in [0.1, 0.15) is 0 Å². The van der Waals surface area contributed by atoms with E-state index in [1.165, 1.54) is 29.5 Å². The third-order valence-corrected chi connectivity index (χ3v) is 4.48. The largest absolute Gasteiger partial charge is 0.349 e. The molecule has 3 rings (SSSR count). The van der Waals surface area contributed by atoms with Crippen molar-refractivity contribution in [3.63, 3.8) is 0 Å². The molecule has 0 aliphatic heterocycles. The highest BCUT2D eigenvalue weighted by Gasteiger charge is 2.13. The van der Waals surface area contributed by atoms with Gasteiger partial charge in [0.15, 0.2) is 0 Å². The molecule has 22 heavy (non-hydrogen) atoms. The topological polar surface area (TPSA) is 29.1 Å². The fourth-order valence-corrected chi connectivity index (χ4v) is 3.15. The summed E-state index contributed by atoms with van der Waals surface area (Å²) in [6, 6.07) is 14.9. The Labute approximate surface area is 132 Å². The second-order valence-corrected chi connectivity index (χ2v) is 6.33. The molecule has 2 aromatic carbocycles. The number of nitrogens with one attached hydrogen (secondary N) is 1. The van der Waals surface area contributed by atoms with Gasteiger partial charge in [-0.3, -0.25) is 4.79 Å². The number of carbonyl (C=O) groups is 1. The highest BCUT2D eigenvalue weighted by atomic mass is 16.1. The fraction of sp³-hybridized carbons (Fsp3) is 0.350. The van der Waals surface area contributed by atoms with Gasteiger partial charge in [0, 0.05) is 0 Å². The maximum Gasteiger partial charge on any atom is 0.224 e. The molecule has 1 amide bonds. The maximum atomic E-state index is 12.3. The van der Waals surface area contributed by atoms with Gasteiger partial charge in [-0.2, -0.15) is 0 Å². The molecular formula is C20H23NO. The van der Waals surface area contributed by atoms with Crippen molar-refractivity contribution in [1.29, 1.82) is 0 Å². The van der Waals surface area contributed by atoms with E-state index in [0.717, 1.165) is 17.5 Å². The lowest BCUT2D eigenvalue weighted by molar-refractivity contribution is -0.121. The van der Waals surface area contributed by atoms with Crippen LogP contribution in [-0.2, 0) is 24.1 Å². The number of benzene rings is 2. The molecule has 0 radical (unpaired) electrons. The maximum absolute atomic E-state index is 12.3. The van der Waals surface area contributed by atoms with Crippen LogP contribution in [0.5, 0.6) is 0 Å². The molecule has 1 aliphatic carbocycles. The second kappa shape index (κ2) is 6.35. The SMILES string of the molecule is Cc1ccc(C(C)NC(=O)Cc2ccc3c(c2)CCC3)cc1. The van der Waals surface area contributed by atoms with Gasteiger partial charge < -0.3 is 5.32 Å². The Morgan fingerprint density at radius 1 is 1.09 bits per heavy atom. The monoisotopic (exact) mass is 293 g/mol. The van der Waals surface area contributed by atoms with Gasteiger partial charge in [-0.05, 0) is 55.4 Å². The van der Waals surface area contributed by atoms with E-state index in [4.69, 9.17) is 0 Å². The summed E-state index contributed by atoms with van der Waals surface area (Å²) in [5.41, 5.74) is 6.39. The molecule has 0 spiro atoms. The summed E-state index contributed by atoms with van der Waals surface area (Å²) in [5, 5.41) is 3.09. The molecule has 0 bridgehead atoms. The van der Waals surface area contributed by atoms with E-state index in [9.17, 15) is 4.79 Å². The van der Waals surface area contributed by atoms with Crippen LogP contribution in [0.2, 0.25) is 0 Å². The van der Waals surface area contributed by atoms with E-state index in [1.54, 1.807) is 0 Å². The minimum absolute atomic E-state index is 0.0440. The molecular weight excluding hydrogens is 270 g/mol. The molecule has 0 saturated heterocycles. The van der Waals surface area contributed by atoms with E-state index in [-0.39, 0.29) is 11.9 Å². The van der Waals surface area contributed by atoms with Crippen LogP contribution in [0.25, 0.3) is 0 Å². The van der Waals surface area contributed by atoms with Gasteiger partial charge in [0.25, 0.3) is 0 Å². The molecule has 0 heterocycles. The zero-order valence-electron chi connectivity index (χ0n) is 13.4. The third-order valence-electron chi connectivity index (χ3n) is 4.48. The van der Waals surface area contributed by atoms with Crippen molar-refractivity contribution >= 4 is 5.91 Å². The van der Waals surface area contributed by atoms with Crippen LogP contribution in [0.4, 0.5) is 0 Å². The number of rotatable bonds is 4. The Balaban J connectivity index is 1.61. The van der Waals surface area contributed by atoms with Crippen LogP contribution >= 0.6 is 0 Å². The summed E-state index contributed by atoms with van der Waals surface area (Å²) >= 11 is 0. The minimum atomic E-state index is 0.0440. The summed E-state index contributed by atoms with van der Waals surface area (Å²) in [6.07, 6.45) is 4.05. The quantitative estimate of drug-likeness (QED) is 0.910. The molecule has 1 aliphatic rings. The first-order valence-electron chi connectivity index (χ1n) is 8.08. The van der Waals surface area contributed by atoms with Crippen LogP contribution < -0.4 is 5.32 Å². The van der Waals surface area contributed by atoms with Crippen molar-refractivity contribution in [2.75, 3.05) is 0 Å². The highest BCUT2D eigenvalue weighted by Crippen LogP contribution is 2.23. The van der Waals surface area contributed by atoms with E-state index >= 15 is 0 Å². The normalized spacial score (nSPS) is 14.5. The van der Waals surface area contributed by atoms with Crippen molar-refractivity contribution in [2.24, 2.45) is 0 Å². The Kier molecular flexibility index (Phi) is 4.28. The Hall–Kier alpha value is -2.09. The predicted octanol–water partition coefficient (Wildman–Crippen LogP) is 3.90. The molecule has 0 aromatic heterocycles.